The summed E-state index contributed by atoms with van der Waals surface area (Å²) in [5.41, 5.74) is 4.55. The number of nitrogens with zero attached hydrogens (tertiary/aromatic N) is 2. The van der Waals surface area contributed by atoms with Crippen molar-refractivity contribution in [3.8, 4) is 16.3 Å². The molecule has 0 bridgehead atoms. The second-order valence-corrected chi connectivity index (χ2v) is 6.56. The van der Waals surface area contributed by atoms with Crippen LogP contribution >= 0.6 is 11.3 Å². The van der Waals surface area contributed by atoms with Gasteiger partial charge in [-0.05, 0) is 51.3 Å². The van der Waals surface area contributed by atoms with Crippen molar-refractivity contribution in [3.63, 3.8) is 0 Å². The van der Waals surface area contributed by atoms with Crippen LogP contribution in [0.3, 0.4) is 0 Å². The van der Waals surface area contributed by atoms with Crippen LogP contribution in [0.15, 0.2) is 29.6 Å². The molecule has 0 aliphatic heterocycles. The van der Waals surface area contributed by atoms with Crippen molar-refractivity contribution >= 4 is 17.2 Å². The van der Waals surface area contributed by atoms with Gasteiger partial charge in [0.1, 0.15) is 0 Å². The van der Waals surface area contributed by atoms with Crippen molar-refractivity contribution in [1.29, 1.82) is 0 Å². The highest BCUT2D eigenvalue weighted by Crippen LogP contribution is 2.34. The van der Waals surface area contributed by atoms with Gasteiger partial charge in [0.2, 0.25) is 6.41 Å². The first-order chi connectivity index (χ1) is 12.1. The molecule has 0 aromatic carbocycles. The van der Waals surface area contributed by atoms with Crippen LogP contribution in [-0.4, -0.2) is 34.4 Å². The van der Waals surface area contributed by atoms with Gasteiger partial charge < -0.3 is 19.4 Å². The highest BCUT2D eigenvalue weighted by Gasteiger charge is 2.16. The Kier molecular flexibility index (Phi) is 5.57. The predicted octanol–water partition coefficient (Wildman–Crippen LogP) is 4.31. The maximum absolute atomic E-state index is 5.51. The molecule has 2 N–H and O–H groups in total. The Morgan fingerprint density at radius 2 is 1.84 bits per heavy atom. The van der Waals surface area contributed by atoms with Crippen molar-refractivity contribution in [2.45, 2.75) is 34.1 Å². The first kappa shape index (κ1) is 17.7. The molecule has 0 saturated heterocycles. The Hall–Kier alpha value is -2.09. The highest BCUT2D eigenvalue weighted by atomic mass is 32.1. The summed E-state index contributed by atoms with van der Waals surface area (Å²) in [6.07, 6.45) is -0.497. The summed E-state index contributed by atoms with van der Waals surface area (Å²) < 4.78 is 13.3. The monoisotopic (exact) mass is 360 g/mol. The van der Waals surface area contributed by atoms with Crippen LogP contribution in [0, 0.1) is 13.8 Å². The van der Waals surface area contributed by atoms with Crippen LogP contribution in [0.4, 0.5) is 5.82 Å². The van der Waals surface area contributed by atoms with E-state index in [0.717, 1.165) is 16.3 Å². The lowest BCUT2D eigenvalue weighted by Crippen LogP contribution is -2.26. The summed E-state index contributed by atoms with van der Waals surface area (Å²) >= 11 is 1.69. The minimum atomic E-state index is -0.497. The van der Waals surface area contributed by atoms with E-state index >= 15 is 0 Å². The quantitative estimate of drug-likeness (QED) is 0.588. The molecule has 0 saturated carbocycles. The second kappa shape index (κ2) is 7.86. The third kappa shape index (κ3) is 3.78. The molecular formula is C18H24N4O2S. The first-order valence-electron chi connectivity index (χ1n) is 8.42. The summed E-state index contributed by atoms with van der Waals surface area (Å²) in [5, 5.41) is 12.7. The lowest BCUT2D eigenvalue weighted by atomic mass is 10.3. The number of rotatable bonds is 8. The van der Waals surface area contributed by atoms with E-state index < -0.39 is 6.41 Å². The molecule has 0 radical (unpaired) electrons. The third-order valence-electron chi connectivity index (χ3n) is 3.88. The van der Waals surface area contributed by atoms with E-state index in [1.165, 1.54) is 11.4 Å². The lowest BCUT2D eigenvalue weighted by Gasteiger charge is -2.17. The standard InChI is InChI=1S/C18H24N4O2S/c1-5-23-18(24-6-2)19-16-11-14(20-21-16)17-15(9-10-25-17)22-12(3)7-8-13(22)4/h7-11,18H,5-6H2,1-4H3,(H2,19,20,21). The molecule has 0 amide bonds. The lowest BCUT2D eigenvalue weighted by molar-refractivity contribution is -0.117. The van der Waals surface area contributed by atoms with E-state index in [1.54, 1.807) is 11.3 Å². The molecule has 0 fully saturated rings. The van der Waals surface area contributed by atoms with Crippen molar-refractivity contribution in [1.82, 2.24) is 14.8 Å². The summed E-state index contributed by atoms with van der Waals surface area (Å²) in [4.78, 5) is 1.15. The van der Waals surface area contributed by atoms with Gasteiger partial charge in [-0.1, -0.05) is 0 Å². The van der Waals surface area contributed by atoms with E-state index in [9.17, 15) is 0 Å². The van der Waals surface area contributed by atoms with Crippen LogP contribution in [0.25, 0.3) is 16.3 Å². The van der Waals surface area contributed by atoms with Crippen molar-refractivity contribution in [2.24, 2.45) is 0 Å². The molecular weight excluding hydrogens is 336 g/mol. The van der Waals surface area contributed by atoms with Gasteiger partial charge in [0.05, 0.1) is 16.3 Å². The van der Waals surface area contributed by atoms with Gasteiger partial charge >= 0.3 is 0 Å². The molecule has 7 heteroatoms. The van der Waals surface area contributed by atoms with Gasteiger partial charge in [0.15, 0.2) is 5.82 Å². The number of H-pyrrole nitrogens is 1. The van der Waals surface area contributed by atoms with Crippen LogP contribution in [0.1, 0.15) is 25.2 Å². The molecule has 0 aliphatic rings. The number of ether oxygens (including phenoxy) is 2. The fraction of sp³-hybridized carbons (Fsp3) is 0.389. The molecule has 6 nitrogen and oxygen atoms in total. The van der Waals surface area contributed by atoms with Crippen LogP contribution < -0.4 is 5.32 Å². The smallest absolute Gasteiger partial charge is 0.239 e. The minimum Gasteiger partial charge on any atom is -0.336 e. The summed E-state index contributed by atoms with van der Waals surface area (Å²) in [6.45, 7) is 9.23. The van der Waals surface area contributed by atoms with Crippen molar-refractivity contribution < 1.29 is 9.47 Å². The SMILES string of the molecule is CCOC(Nc1cc(-c2sccc2-n2c(C)ccc2C)[nH]n1)OCC. The molecule has 25 heavy (non-hydrogen) atoms. The zero-order chi connectivity index (χ0) is 17.8. The summed E-state index contributed by atoms with van der Waals surface area (Å²) in [5.74, 6) is 0.696. The van der Waals surface area contributed by atoms with Crippen molar-refractivity contribution in [2.75, 3.05) is 18.5 Å². The Balaban J connectivity index is 1.85. The fourth-order valence-corrected chi connectivity index (χ4v) is 3.64. The number of aromatic nitrogens is 3. The first-order valence-corrected chi connectivity index (χ1v) is 9.30. The molecule has 0 atom stereocenters. The fourth-order valence-electron chi connectivity index (χ4n) is 2.80. The number of hydrogen-bond acceptors (Lipinski definition) is 5. The number of aromatic amines is 1. The van der Waals surface area contributed by atoms with Gasteiger partial charge in [-0.15, -0.1) is 11.3 Å². The topological polar surface area (TPSA) is 64.1 Å². The number of aryl methyl sites for hydroxylation is 2. The highest BCUT2D eigenvalue weighted by molar-refractivity contribution is 7.14. The summed E-state index contributed by atoms with van der Waals surface area (Å²) in [7, 11) is 0. The summed E-state index contributed by atoms with van der Waals surface area (Å²) in [6, 6.07) is 8.38. The number of nitrogens with one attached hydrogen (secondary N) is 2. The van der Waals surface area contributed by atoms with Crippen LogP contribution in [0.5, 0.6) is 0 Å². The van der Waals surface area contributed by atoms with Crippen molar-refractivity contribution in [3.05, 3.63) is 41.0 Å². The zero-order valence-corrected chi connectivity index (χ0v) is 15.8. The zero-order valence-electron chi connectivity index (χ0n) is 15.0. The van der Waals surface area contributed by atoms with E-state index in [0.29, 0.717) is 19.0 Å². The maximum Gasteiger partial charge on any atom is 0.239 e. The Labute approximate surface area is 151 Å². The average Bonchev–Trinajstić information content (AvgIpc) is 3.28. The molecule has 3 heterocycles. The molecule has 0 aliphatic carbocycles. The minimum absolute atomic E-state index is 0.497. The molecule has 3 aromatic heterocycles. The van der Waals surface area contributed by atoms with Gasteiger partial charge in [-0.3, -0.25) is 5.10 Å². The van der Waals surface area contributed by atoms with E-state index in [1.807, 2.05) is 19.9 Å². The molecule has 134 valence electrons. The van der Waals surface area contributed by atoms with E-state index in [2.05, 4.69) is 57.5 Å². The Morgan fingerprint density at radius 1 is 1.16 bits per heavy atom. The van der Waals surface area contributed by atoms with Gasteiger partial charge in [0, 0.05) is 30.7 Å². The van der Waals surface area contributed by atoms with Gasteiger partial charge in [0.25, 0.3) is 0 Å². The van der Waals surface area contributed by atoms with Gasteiger partial charge in [-0.25, -0.2) is 0 Å². The molecule has 3 aromatic rings. The molecule has 0 unspecified atom stereocenters. The van der Waals surface area contributed by atoms with E-state index in [4.69, 9.17) is 9.47 Å². The number of hydrogen-bond donors (Lipinski definition) is 2. The number of anilines is 1. The van der Waals surface area contributed by atoms with Crippen LogP contribution in [0.2, 0.25) is 0 Å². The second-order valence-electron chi connectivity index (χ2n) is 5.64. The number of thiophene rings is 1. The van der Waals surface area contributed by atoms with E-state index in [-0.39, 0.29) is 0 Å². The Morgan fingerprint density at radius 3 is 2.48 bits per heavy atom. The Bertz CT molecular complexity index is 795. The molecule has 3 rings (SSSR count). The third-order valence-corrected chi connectivity index (χ3v) is 4.82. The molecule has 0 spiro atoms. The maximum atomic E-state index is 5.51. The largest absolute Gasteiger partial charge is 0.336 e. The normalized spacial score (nSPS) is 11.4. The van der Waals surface area contributed by atoms with Crippen LogP contribution in [-0.2, 0) is 9.47 Å². The average molecular weight is 360 g/mol. The predicted molar refractivity (Wildman–Crippen MR) is 101 cm³/mol. The van der Waals surface area contributed by atoms with Gasteiger partial charge in [-0.2, -0.15) is 5.10 Å².